The summed E-state index contributed by atoms with van der Waals surface area (Å²) < 4.78 is 39.7. The van der Waals surface area contributed by atoms with Crippen molar-refractivity contribution in [2.45, 2.75) is 49.5 Å². The SMILES string of the molecule is Cc1cc(COc2ccc(S(=O)(=O)N(C)[C@H]3[C@@H](C(=O)NO)[C@H]4CC[C@@H]3O4)cc2)c2ccccc2n1. The van der Waals surface area contributed by atoms with Crippen LogP contribution in [0.3, 0.4) is 0 Å². The minimum atomic E-state index is -3.91. The normalized spacial score (nSPS) is 23.7. The Kier molecular flexibility index (Phi) is 6.22. The van der Waals surface area contributed by atoms with Crippen molar-refractivity contribution in [2.75, 3.05) is 7.05 Å². The van der Waals surface area contributed by atoms with Gasteiger partial charge in [0.05, 0.1) is 34.6 Å². The third-order valence-electron chi connectivity index (χ3n) is 6.89. The molecule has 2 saturated heterocycles. The zero-order valence-electron chi connectivity index (χ0n) is 19.4. The number of hydrogen-bond acceptors (Lipinski definition) is 7. The lowest BCUT2D eigenvalue weighted by molar-refractivity contribution is -0.136. The maximum Gasteiger partial charge on any atom is 0.250 e. The number of fused-ring (bicyclic) bond motifs is 3. The second kappa shape index (κ2) is 9.19. The van der Waals surface area contributed by atoms with Gasteiger partial charge in [-0.3, -0.25) is 15.0 Å². The zero-order chi connectivity index (χ0) is 24.7. The van der Waals surface area contributed by atoms with Crippen molar-refractivity contribution in [2.24, 2.45) is 5.92 Å². The van der Waals surface area contributed by atoms with Gasteiger partial charge in [-0.2, -0.15) is 4.31 Å². The molecule has 10 heteroatoms. The van der Waals surface area contributed by atoms with Gasteiger partial charge in [-0.05, 0) is 56.2 Å². The van der Waals surface area contributed by atoms with Gasteiger partial charge >= 0.3 is 0 Å². The van der Waals surface area contributed by atoms with Crippen LogP contribution < -0.4 is 10.2 Å². The van der Waals surface area contributed by atoms with Crippen LogP contribution in [0.2, 0.25) is 0 Å². The van der Waals surface area contributed by atoms with Crippen LogP contribution in [-0.2, 0) is 26.2 Å². The number of aromatic nitrogens is 1. The Morgan fingerprint density at radius 2 is 1.89 bits per heavy atom. The molecule has 0 aliphatic carbocycles. The first-order valence-corrected chi connectivity index (χ1v) is 12.9. The van der Waals surface area contributed by atoms with Crippen molar-refractivity contribution >= 4 is 26.8 Å². The van der Waals surface area contributed by atoms with Crippen LogP contribution in [0.15, 0.2) is 59.5 Å². The highest BCUT2D eigenvalue weighted by atomic mass is 32.2. The van der Waals surface area contributed by atoms with E-state index in [1.54, 1.807) is 17.6 Å². The number of rotatable bonds is 7. The lowest BCUT2D eigenvalue weighted by Crippen LogP contribution is -2.52. The van der Waals surface area contributed by atoms with Crippen LogP contribution in [0, 0.1) is 12.8 Å². The van der Waals surface area contributed by atoms with Crippen molar-refractivity contribution < 1.29 is 27.9 Å². The van der Waals surface area contributed by atoms with E-state index in [9.17, 15) is 13.2 Å². The van der Waals surface area contributed by atoms with Crippen molar-refractivity contribution in [3.63, 3.8) is 0 Å². The lowest BCUT2D eigenvalue weighted by atomic mass is 9.84. The Morgan fingerprint density at radius 1 is 1.17 bits per heavy atom. The molecule has 2 bridgehead atoms. The fourth-order valence-corrected chi connectivity index (χ4v) is 6.62. The molecule has 0 radical (unpaired) electrons. The van der Waals surface area contributed by atoms with E-state index in [4.69, 9.17) is 14.7 Å². The number of carbonyl (C=O) groups is 1. The molecule has 2 aromatic carbocycles. The molecule has 2 aliphatic heterocycles. The molecule has 4 atom stereocenters. The highest BCUT2D eigenvalue weighted by Crippen LogP contribution is 2.43. The highest BCUT2D eigenvalue weighted by Gasteiger charge is 2.56. The average Bonchev–Trinajstić information content (AvgIpc) is 3.48. The maximum absolute atomic E-state index is 13.4. The summed E-state index contributed by atoms with van der Waals surface area (Å²) in [5.41, 5.74) is 4.44. The number of nitrogens with one attached hydrogen (secondary N) is 1. The first kappa shape index (κ1) is 23.7. The number of pyridine rings is 1. The second-order valence-electron chi connectivity index (χ2n) is 9.00. The molecule has 0 spiro atoms. The number of likely N-dealkylation sites (N-methyl/N-ethyl adjacent to an activating group) is 1. The van der Waals surface area contributed by atoms with E-state index in [1.807, 2.05) is 37.3 Å². The van der Waals surface area contributed by atoms with Crippen LogP contribution in [0.25, 0.3) is 10.9 Å². The molecular weight excluding hydrogens is 470 g/mol. The Hall–Kier alpha value is -3.05. The molecule has 5 rings (SSSR count). The van der Waals surface area contributed by atoms with Gasteiger partial charge in [-0.25, -0.2) is 13.9 Å². The van der Waals surface area contributed by atoms with Gasteiger partial charge in [0.2, 0.25) is 10.0 Å². The van der Waals surface area contributed by atoms with Gasteiger partial charge in [-0.1, -0.05) is 18.2 Å². The van der Waals surface area contributed by atoms with Gasteiger partial charge in [0, 0.05) is 23.7 Å². The predicted octanol–water partition coefficient (Wildman–Crippen LogP) is 2.79. The number of carbonyl (C=O) groups excluding carboxylic acids is 1. The Bertz CT molecular complexity index is 1360. The molecule has 2 N–H and O–H groups in total. The average molecular weight is 498 g/mol. The maximum atomic E-state index is 13.4. The third-order valence-corrected chi connectivity index (χ3v) is 8.76. The second-order valence-corrected chi connectivity index (χ2v) is 11.0. The first-order valence-electron chi connectivity index (χ1n) is 11.4. The number of hydrogen-bond donors (Lipinski definition) is 2. The number of sulfonamides is 1. The monoisotopic (exact) mass is 497 g/mol. The van der Waals surface area contributed by atoms with Gasteiger partial charge in [0.15, 0.2) is 0 Å². The van der Waals surface area contributed by atoms with E-state index >= 15 is 0 Å². The summed E-state index contributed by atoms with van der Waals surface area (Å²) in [7, 11) is -2.46. The molecule has 2 fully saturated rings. The highest BCUT2D eigenvalue weighted by molar-refractivity contribution is 7.89. The Balaban J connectivity index is 1.33. The summed E-state index contributed by atoms with van der Waals surface area (Å²) in [5.74, 6) is -0.863. The van der Waals surface area contributed by atoms with Crippen LogP contribution in [-0.4, -0.2) is 54.1 Å². The number of hydroxylamine groups is 1. The third kappa shape index (κ3) is 4.27. The number of para-hydroxylation sites is 1. The fraction of sp³-hybridized carbons (Fsp3) is 0.360. The summed E-state index contributed by atoms with van der Waals surface area (Å²) in [4.78, 5) is 16.9. The van der Waals surface area contributed by atoms with E-state index in [-0.39, 0.29) is 11.0 Å². The minimum Gasteiger partial charge on any atom is -0.489 e. The van der Waals surface area contributed by atoms with Crippen LogP contribution >= 0.6 is 0 Å². The standard InChI is InChI=1S/C25H27N3O6S/c1-15-13-16(19-5-3-4-6-20(19)26-15)14-33-17-7-9-18(10-8-17)35(31,32)28(2)24-22-12-11-21(34-22)23(24)25(29)27-30/h3-10,13,21-24,30H,11-12,14H2,1-2H3,(H,27,29)/t21-,22+,23+,24-/m1/s1. The van der Waals surface area contributed by atoms with Gasteiger partial charge in [0.25, 0.3) is 5.91 Å². The van der Waals surface area contributed by atoms with E-state index < -0.39 is 34.0 Å². The Morgan fingerprint density at radius 3 is 2.63 bits per heavy atom. The van der Waals surface area contributed by atoms with E-state index in [0.29, 0.717) is 25.2 Å². The summed E-state index contributed by atoms with van der Waals surface area (Å²) >= 11 is 0. The molecule has 3 aromatic rings. The van der Waals surface area contributed by atoms with E-state index in [0.717, 1.165) is 22.2 Å². The molecule has 9 nitrogen and oxygen atoms in total. The van der Waals surface area contributed by atoms with Gasteiger partial charge < -0.3 is 9.47 Å². The quantitative estimate of drug-likeness (QED) is 0.381. The molecule has 0 unspecified atom stereocenters. The van der Waals surface area contributed by atoms with E-state index in [2.05, 4.69) is 4.98 Å². The van der Waals surface area contributed by atoms with Crippen LogP contribution in [0.1, 0.15) is 24.1 Å². The van der Waals surface area contributed by atoms with Crippen molar-refractivity contribution in [1.82, 2.24) is 14.8 Å². The predicted molar refractivity (Wildman–Crippen MR) is 127 cm³/mol. The minimum absolute atomic E-state index is 0.0866. The summed E-state index contributed by atoms with van der Waals surface area (Å²) in [5, 5.41) is 10.1. The van der Waals surface area contributed by atoms with E-state index in [1.165, 1.54) is 23.5 Å². The van der Waals surface area contributed by atoms with Crippen LogP contribution in [0.4, 0.5) is 0 Å². The zero-order valence-corrected chi connectivity index (χ0v) is 20.2. The summed E-state index contributed by atoms with van der Waals surface area (Å²) in [6.45, 7) is 2.25. The number of aryl methyl sites for hydroxylation is 1. The number of amides is 1. The number of benzene rings is 2. The topological polar surface area (TPSA) is 118 Å². The van der Waals surface area contributed by atoms with Crippen molar-refractivity contribution in [1.29, 1.82) is 0 Å². The molecular formula is C25H27N3O6S. The molecule has 184 valence electrons. The molecule has 3 heterocycles. The molecule has 1 amide bonds. The smallest absolute Gasteiger partial charge is 0.250 e. The molecule has 2 aliphatic rings. The number of ether oxygens (including phenoxy) is 2. The molecule has 0 saturated carbocycles. The lowest BCUT2D eigenvalue weighted by Gasteiger charge is -2.33. The Labute approximate surface area is 203 Å². The largest absolute Gasteiger partial charge is 0.489 e. The fourth-order valence-electron chi connectivity index (χ4n) is 5.22. The van der Waals surface area contributed by atoms with Crippen molar-refractivity contribution in [3.05, 3.63) is 65.9 Å². The molecule has 1 aromatic heterocycles. The summed E-state index contributed by atoms with van der Waals surface area (Å²) in [6.07, 6.45) is 0.535. The van der Waals surface area contributed by atoms with Gasteiger partial charge in [0.1, 0.15) is 12.4 Å². The van der Waals surface area contributed by atoms with Crippen LogP contribution in [0.5, 0.6) is 5.75 Å². The van der Waals surface area contributed by atoms with Gasteiger partial charge in [-0.15, -0.1) is 0 Å². The summed E-state index contributed by atoms with van der Waals surface area (Å²) in [6, 6.07) is 15.4. The molecule has 35 heavy (non-hydrogen) atoms. The van der Waals surface area contributed by atoms with Crippen molar-refractivity contribution in [3.8, 4) is 5.75 Å². The number of nitrogens with zero attached hydrogens (tertiary/aromatic N) is 2. The first-order chi connectivity index (χ1) is 16.8.